The Kier molecular flexibility index (Phi) is 4.59. The maximum absolute atomic E-state index is 5.77. The molecular weight excluding hydrogens is 390 g/mol. The minimum absolute atomic E-state index is 0.609. The first-order chi connectivity index (χ1) is 11.8. The van der Waals surface area contributed by atoms with Crippen LogP contribution in [0.4, 0.5) is 5.82 Å². The molecule has 0 atom stereocenters. The van der Waals surface area contributed by atoms with Gasteiger partial charge >= 0.3 is 0 Å². The van der Waals surface area contributed by atoms with Crippen LogP contribution in [0.2, 0.25) is 0 Å². The number of nitrogens with zero attached hydrogens (tertiary/aromatic N) is 5. The Morgan fingerprint density at radius 3 is 2.71 bits per heavy atom. The Morgan fingerprint density at radius 1 is 1.12 bits per heavy atom. The van der Waals surface area contributed by atoms with Crippen LogP contribution >= 0.6 is 27.3 Å². The zero-order valence-electron chi connectivity index (χ0n) is 12.9. The zero-order chi connectivity index (χ0) is 16.4. The fourth-order valence-electron chi connectivity index (χ4n) is 2.70. The van der Waals surface area contributed by atoms with E-state index in [4.69, 9.17) is 4.42 Å². The van der Waals surface area contributed by atoms with Crippen molar-refractivity contribution < 1.29 is 4.42 Å². The lowest BCUT2D eigenvalue weighted by Gasteiger charge is -2.34. The van der Waals surface area contributed by atoms with Crippen molar-refractivity contribution in [1.29, 1.82) is 0 Å². The van der Waals surface area contributed by atoms with E-state index >= 15 is 0 Å². The average Bonchev–Trinajstić information content (AvgIpc) is 3.28. The maximum atomic E-state index is 5.77. The molecule has 1 saturated heterocycles. The van der Waals surface area contributed by atoms with Gasteiger partial charge in [0.15, 0.2) is 0 Å². The van der Waals surface area contributed by atoms with Crippen LogP contribution in [0.25, 0.3) is 10.8 Å². The summed E-state index contributed by atoms with van der Waals surface area (Å²) in [6.45, 7) is 4.49. The van der Waals surface area contributed by atoms with Gasteiger partial charge in [0.1, 0.15) is 5.82 Å². The zero-order valence-corrected chi connectivity index (χ0v) is 15.3. The van der Waals surface area contributed by atoms with Crippen LogP contribution in [0.15, 0.2) is 44.7 Å². The lowest BCUT2D eigenvalue weighted by molar-refractivity contribution is 0.226. The lowest BCUT2D eigenvalue weighted by Crippen LogP contribution is -2.46. The number of hydrogen-bond acceptors (Lipinski definition) is 7. The van der Waals surface area contributed by atoms with E-state index in [9.17, 15) is 0 Å². The molecule has 1 aliphatic heterocycles. The first-order valence-corrected chi connectivity index (χ1v) is 9.40. The fourth-order valence-corrected chi connectivity index (χ4v) is 3.58. The highest BCUT2D eigenvalue weighted by Crippen LogP contribution is 2.23. The number of aromatic nitrogens is 3. The predicted molar refractivity (Wildman–Crippen MR) is 97.0 cm³/mol. The largest absolute Gasteiger partial charge is 0.419 e. The Hall–Kier alpha value is -1.77. The van der Waals surface area contributed by atoms with E-state index in [-0.39, 0.29) is 0 Å². The van der Waals surface area contributed by atoms with Gasteiger partial charge in [-0.25, -0.2) is 4.98 Å². The second kappa shape index (κ2) is 7.00. The van der Waals surface area contributed by atoms with E-state index in [1.807, 2.05) is 35.8 Å². The average molecular weight is 406 g/mol. The van der Waals surface area contributed by atoms with Crippen molar-refractivity contribution in [2.45, 2.75) is 6.54 Å². The number of piperazine rings is 1. The lowest BCUT2D eigenvalue weighted by atomic mass is 10.3. The summed E-state index contributed by atoms with van der Waals surface area (Å²) in [7, 11) is 0. The molecule has 0 unspecified atom stereocenters. The summed E-state index contributed by atoms with van der Waals surface area (Å²) in [5.74, 6) is 2.31. The molecular formula is C16H16BrN5OS. The molecule has 0 aromatic carbocycles. The summed E-state index contributed by atoms with van der Waals surface area (Å²) >= 11 is 5.03. The van der Waals surface area contributed by atoms with Gasteiger partial charge in [0.25, 0.3) is 5.89 Å². The van der Waals surface area contributed by atoms with Gasteiger partial charge in [-0.1, -0.05) is 6.07 Å². The molecule has 1 aliphatic rings. The summed E-state index contributed by atoms with van der Waals surface area (Å²) in [6.07, 6.45) is 1.84. The Labute approximate surface area is 152 Å². The summed E-state index contributed by atoms with van der Waals surface area (Å²) in [5, 5.41) is 10.3. The highest BCUT2D eigenvalue weighted by Gasteiger charge is 2.20. The number of halogens is 1. The van der Waals surface area contributed by atoms with Gasteiger partial charge in [-0.15, -0.1) is 21.5 Å². The van der Waals surface area contributed by atoms with E-state index in [1.54, 1.807) is 11.3 Å². The molecule has 8 heteroatoms. The molecule has 0 spiro atoms. The van der Waals surface area contributed by atoms with Crippen LogP contribution in [-0.4, -0.2) is 46.3 Å². The summed E-state index contributed by atoms with van der Waals surface area (Å²) in [4.78, 5) is 10.1. The van der Waals surface area contributed by atoms with Gasteiger partial charge in [-0.3, -0.25) is 4.90 Å². The van der Waals surface area contributed by atoms with Gasteiger partial charge < -0.3 is 9.32 Å². The molecule has 0 radical (unpaired) electrons. The third kappa shape index (κ3) is 3.50. The third-order valence-electron chi connectivity index (χ3n) is 3.97. The standard InChI is InChI=1S/C16H16BrN5OS/c17-12-3-4-14(18-10-12)22-7-5-21(6-8-22)11-15-19-20-16(23-15)13-2-1-9-24-13/h1-4,9-10H,5-8,11H2. The topological polar surface area (TPSA) is 58.3 Å². The molecule has 0 aliphatic carbocycles. The molecule has 4 heterocycles. The normalized spacial score (nSPS) is 15.8. The first kappa shape index (κ1) is 15.7. The quantitative estimate of drug-likeness (QED) is 0.663. The van der Waals surface area contributed by atoms with Crippen molar-refractivity contribution >= 4 is 33.1 Å². The Balaban J connectivity index is 1.34. The van der Waals surface area contributed by atoms with Crippen molar-refractivity contribution in [2.24, 2.45) is 0 Å². The van der Waals surface area contributed by atoms with Crippen LogP contribution in [0, 0.1) is 0 Å². The number of thiophene rings is 1. The SMILES string of the molecule is Brc1ccc(N2CCN(Cc3nnc(-c4cccs4)o3)CC2)nc1. The van der Waals surface area contributed by atoms with Crippen LogP contribution in [0.1, 0.15) is 5.89 Å². The second-order valence-electron chi connectivity index (χ2n) is 5.58. The Bertz CT molecular complexity index is 781. The van der Waals surface area contributed by atoms with E-state index < -0.39 is 0 Å². The highest BCUT2D eigenvalue weighted by molar-refractivity contribution is 9.10. The minimum atomic E-state index is 0.609. The second-order valence-corrected chi connectivity index (χ2v) is 7.44. The van der Waals surface area contributed by atoms with Crippen molar-refractivity contribution in [3.05, 3.63) is 46.2 Å². The van der Waals surface area contributed by atoms with Crippen molar-refractivity contribution in [2.75, 3.05) is 31.1 Å². The Morgan fingerprint density at radius 2 is 2.00 bits per heavy atom. The van der Waals surface area contributed by atoms with E-state index in [0.29, 0.717) is 18.3 Å². The van der Waals surface area contributed by atoms with Crippen molar-refractivity contribution in [3.8, 4) is 10.8 Å². The highest BCUT2D eigenvalue weighted by atomic mass is 79.9. The number of rotatable bonds is 4. The molecule has 0 N–H and O–H groups in total. The number of pyridine rings is 1. The maximum Gasteiger partial charge on any atom is 0.257 e. The van der Waals surface area contributed by atoms with Crippen molar-refractivity contribution in [3.63, 3.8) is 0 Å². The molecule has 0 saturated carbocycles. The van der Waals surface area contributed by atoms with Crippen LogP contribution in [0.3, 0.4) is 0 Å². The smallest absolute Gasteiger partial charge is 0.257 e. The summed E-state index contributed by atoms with van der Waals surface area (Å²) in [5.41, 5.74) is 0. The molecule has 6 nitrogen and oxygen atoms in total. The van der Waals surface area contributed by atoms with Gasteiger partial charge in [-0.2, -0.15) is 0 Å². The molecule has 24 heavy (non-hydrogen) atoms. The molecule has 4 rings (SSSR count). The van der Waals surface area contributed by atoms with Gasteiger partial charge in [0.05, 0.1) is 11.4 Å². The van der Waals surface area contributed by atoms with Gasteiger partial charge in [-0.05, 0) is 39.5 Å². The summed E-state index contributed by atoms with van der Waals surface area (Å²) in [6, 6.07) is 8.05. The minimum Gasteiger partial charge on any atom is -0.419 e. The predicted octanol–water partition coefficient (Wildman–Crippen LogP) is 3.28. The molecule has 3 aromatic heterocycles. The van der Waals surface area contributed by atoms with E-state index in [2.05, 4.69) is 40.9 Å². The van der Waals surface area contributed by atoms with E-state index in [1.165, 1.54) is 0 Å². The third-order valence-corrected chi connectivity index (χ3v) is 5.29. The van der Waals surface area contributed by atoms with Gasteiger partial charge in [0, 0.05) is 36.8 Å². The number of anilines is 1. The number of hydrogen-bond donors (Lipinski definition) is 0. The summed E-state index contributed by atoms with van der Waals surface area (Å²) < 4.78 is 6.77. The van der Waals surface area contributed by atoms with E-state index in [0.717, 1.165) is 41.3 Å². The van der Waals surface area contributed by atoms with Crippen molar-refractivity contribution in [1.82, 2.24) is 20.1 Å². The molecule has 3 aromatic rings. The van der Waals surface area contributed by atoms with Crippen LogP contribution in [0.5, 0.6) is 0 Å². The first-order valence-electron chi connectivity index (χ1n) is 7.73. The molecule has 124 valence electrons. The monoisotopic (exact) mass is 405 g/mol. The molecule has 1 fully saturated rings. The van der Waals surface area contributed by atoms with Crippen LogP contribution in [-0.2, 0) is 6.54 Å². The fraction of sp³-hybridized carbons (Fsp3) is 0.312. The van der Waals surface area contributed by atoms with Gasteiger partial charge in [0.2, 0.25) is 5.89 Å². The van der Waals surface area contributed by atoms with Crippen LogP contribution < -0.4 is 4.90 Å². The molecule has 0 amide bonds. The molecule has 0 bridgehead atoms.